The molecule has 0 bridgehead atoms. The van der Waals surface area contributed by atoms with Crippen LogP contribution < -0.4 is 0 Å². The number of carbonyl (C=O) groups excluding carboxylic acids is 2. The van der Waals surface area contributed by atoms with Crippen molar-refractivity contribution in [2.45, 2.75) is 6.42 Å². The second-order valence-electron chi connectivity index (χ2n) is 2.47. The van der Waals surface area contributed by atoms with E-state index in [0.29, 0.717) is 0 Å². The second-order valence-corrected chi connectivity index (χ2v) is 2.47. The first-order valence-electron chi connectivity index (χ1n) is 3.22. The number of hydrogen-bond donors (Lipinski definition) is 0. The molecule has 0 fully saturated rings. The first kappa shape index (κ1) is 8.16. The van der Waals surface area contributed by atoms with Gasteiger partial charge in [0.1, 0.15) is 0 Å². The molecule has 4 heteroatoms. The van der Waals surface area contributed by atoms with Crippen LogP contribution in [0, 0.1) is 28.1 Å². The van der Waals surface area contributed by atoms with Gasteiger partial charge in [-0.3, -0.25) is 9.59 Å². The zero-order valence-corrected chi connectivity index (χ0v) is 6.07. The first-order valence-corrected chi connectivity index (χ1v) is 3.22. The number of nitriles is 2. The third kappa shape index (κ3) is 0.998. The van der Waals surface area contributed by atoms with Crippen LogP contribution in [0.2, 0.25) is 0 Å². The molecule has 0 radical (unpaired) electrons. The van der Waals surface area contributed by atoms with E-state index in [0.717, 1.165) is 12.2 Å². The summed E-state index contributed by atoms with van der Waals surface area (Å²) in [6, 6.07) is 3.13. The molecule has 0 aromatic heterocycles. The van der Waals surface area contributed by atoms with Crippen LogP contribution >= 0.6 is 0 Å². The maximum atomic E-state index is 11.0. The lowest BCUT2D eigenvalue weighted by molar-refractivity contribution is -0.125. The second kappa shape index (κ2) is 2.60. The Morgan fingerprint density at radius 2 is 1.83 bits per heavy atom. The summed E-state index contributed by atoms with van der Waals surface area (Å²) in [5.41, 5.74) is -1.77. The van der Waals surface area contributed by atoms with Gasteiger partial charge in [-0.05, 0) is 12.2 Å². The lowest BCUT2D eigenvalue weighted by Gasteiger charge is -2.15. The van der Waals surface area contributed by atoms with Crippen molar-refractivity contribution in [1.29, 1.82) is 10.5 Å². The van der Waals surface area contributed by atoms with Gasteiger partial charge in [-0.15, -0.1) is 0 Å². The maximum absolute atomic E-state index is 11.0. The van der Waals surface area contributed by atoms with Crippen LogP contribution in [0.1, 0.15) is 6.42 Å². The predicted molar refractivity (Wildman–Crippen MR) is 37.4 cm³/mol. The smallest absolute Gasteiger partial charge is 0.212 e. The van der Waals surface area contributed by atoms with Gasteiger partial charge in [-0.1, -0.05) is 0 Å². The summed E-state index contributed by atoms with van der Waals surface area (Å²) < 4.78 is 0. The average Bonchev–Trinajstić information content (AvgIpc) is 2.09. The Labute approximate surface area is 68.7 Å². The molecule has 12 heavy (non-hydrogen) atoms. The summed E-state index contributed by atoms with van der Waals surface area (Å²) in [6.45, 7) is 0. The van der Waals surface area contributed by atoms with Gasteiger partial charge in [0, 0.05) is 6.42 Å². The van der Waals surface area contributed by atoms with Gasteiger partial charge < -0.3 is 0 Å². The summed E-state index contributed by atoms with van der Waals surface area (Å²) in [5.74, 6) is -0.968. The number of carbonyl (C=O) groups is 2. The van der Waals surface area contributed by atoms with Crippen molar-refractivity contribution in [2.24, 2.45) is 5.41 Å². The minimum absolute atomic E-state index is 0.324. The molecule has 0 aromatic rings. The SMILES string of the molecule is N#CC1(C#N)CC(=O)C=CC1=O. The number of ketones is 2. The predicted octanol–water partition coefficient (Wildman–Crippen LogP) is 0.118. The Hall–Kier alpha value is -1.94. The van der Waals surface area contributed by atoms with Crippen molar-refractivity contribution in [1.82, 2.24) is 0 Å². The van der Waals surface area contributed by atoms with Gasteiger partial charge in [-0.2, -0.15) is 10.5 Å². The van der Waals surface area contributed by atoms with E-state index >= 15 is 0 Å². The molecule has 0 amide bonds. The van der Waals surface area contributed by atoms with E-state index < -0.39 is 11.2 Å². The fourth-order valence-corrected chi connectivity index (χ4v) is 0.933. The Balaban J connectivity index is 3.18. The number of nitrogens with zero attached hydrogens (tertiary/aromatic N) is 2. The van der Waals surface area contributed by atoms with Crippen LogP contribution in [0.3, 0.4) is 0 Å². The van der Waals surface area contributed by atoms with Crippen molar-refractivity contribution in [3.05, 3.63) is 12.2 Å². The van der Waals surface area contributed by atoms with Crippen molar-refractivity contribution in [3.63, 3.8) is 0 Å². The summed E-state index contributed by atoms with van der Waals surface area (Å²) >= 11 is 0. The van der Waals surface area contributed by atoms with E-state index in [-0.39, 0.29) is 12.2 Å². The Bertz CT molecular complexity index is 340. The molecule has 0 aromatic carbocycles. The molecular weight excluding hydrogens is 156 g/mol. The van der Waals surface area contributed by atoms with Crippen molar-refractivity contribution in [3.8, 4) is 12.1 Å². The third-order valence-electron chi connectivity index (χ3n) is 1.66. The van der Waals surface area contributed by atoms with Crippen LogP contribution in [0.25, 0.3) is 0 Å². The summed E-state index contributed by atoms with van der Waals surface area (Å²) in [5, 5.41) is 17.1. The van der Waals surface area contributed by atoms with Crippen LogP contribution in [0.4, 0.5) is 0 Å². The lowest BCUT2D eigenvalue weighted by atomic mass is 9.78. The highest BCUT2D eigenvalue weighted by Crippen LogP contribution is 2.25. The molecule has 1 rings (SSSR count). The van der Waals surface area contributed by atoms with Gasteiger partial charge in [0.25, 0.3) is 0 Å². The van der Waals surface area contributed by atoms with E-state index in [1.165, 1.54) is 0 Å². The molecule has 58 valence electrons. The topological polar surface area (TPSA) is 81.7 Å². The molecule has 0 unspecified atom stereocenters. The Kier molecular flexibility index (Phi) is 1.76. The monoisotopic (exact) mass is 160 g/mol. The van der Waals surface area contributed by atoms with E-state index in [2.05, 4.69) is 0 Å². The molecule has 0 atom stereocenters. The molecule has 0 N–H and O–H groups in total. The van der Waals surface area contributed by atoms with Crippen LogP contribution in [-0.2, 0) is 9.59 Å². The molecule has 0 aliphatic heterocycles. The highest BCUT2D eigenvalue weighted by molar-refractivity contribution is 6.10. The quantitative estimate of drug-likeness (QED) is 0.503. The normalized spacial score (nSPS) is 19.8. The van der Waals surface area contributed by atoms with E-state index in [1.807, 2.05) is 0 Å². The summed E-state index contributed by atoms with van der Waals surface area (Å²) in [7, 11) is 0. The average molecular weight is 160 g/mol. The zero-order chi connectivity index (χ0) is 9.19. The van der Waals surface area contributed by atoms with Crippen LogP contribution in [0.5, 0.6) is 0 Å². The van der Waals surface area contributed by atoms with Gasteiger partial charge in [-0.25, -0.2) is 0 Å². The number of hydrogen-bond acceptors (Lipinski definition) is 4. The third-order valence-corrected chi connectivity index (χ3v) is 1.66. The molecule has 0 heterocycles. The largest absolute Gasteiger partial charge is 0.295 e. The maximum Gasteiger partial charge on any atom is 0.212 e. The minimum Gasteiger partial charge on any atom is -0.295 e. The standard InChI is InChI=1S/C8H4N2O2/c9-4-8(5-10)3-6(11)1-2-7(8)12/h1-2H,3H2. The van der Waals surface area contributed by atoms with E-state index in [9.17, 15) is 9.59 Å². The molecule has 1 aliphatic carbocycles. The fourth-order valence-electron chi connectivity index (χ4n) is 0.933. The van der Waals surface area contributed by atoms with Crippen molar-refractivity contribution >= 4 is 11.6 Å². The first-order chi connectivity index (χ1) is 5.64. The van der Waals surface area contributed by atoms with E-state index in [1.54, 1.807) is 12.1 Å². The number of rotatable bonds is 0. The molecule has 0 saturated heterocycles. The fraction of sp³-hybridized carbons (Fsp3) is 0.250. The van der Waals surface area contributed by atoms with Crippen molar-refractivity contribution < 1.29 is 9.59 Å². The Morgan fingerprint density at radius 1 is 1.25 bits per heavy atom. The number of allylic oxidation sites excluding steroid dienone is 2. The summed E-state index contributed by atoms with van der Waals surface area (Å²) in [6.07, 6.45) is 1.75. The molecule has 0 spiro atoms. The summed E-state index contributed by atoms with van der Waals surface area (Å²) in [4.78, 5) is 21.8. The molecule has 1 aliphatic rings. The van der Waals surface area contributed by atoms with Crippen LogP contribution in [-0.4, -0.2) is 11.6 Å². The van der Waals surface area contributed by atoms with Gasteiger partial charge in [0.15, 0.2) is 11.6 Å². The minimum atomic E-state index is -1.77. The van der Waals surface area contributed by atoms with Crippen LogP contribution in [0.15, 0.2) is 12.2 Å². The highest BCUT2D eigenvalue weighted by atomic mass is 16.1. The lowest BCUT2D eigenvalue weighted by Crippen LogP contribution is -2.32. The van der Waals surface area contributed by atoms with Gasteiger partial charge in [0.2, 0.25) is 5.41 Å². The van der Waals surface area contributed by atoms with E-state index in [4.69, 9.17) is 10.5 Å². The molecule has 0 saturated carbocycles. The molecular formula is C8H4N2O2. The molecule has 4 nitrogen and oxygen atoms in total. The zero-order valence-electron chi connectivity index (χ0n) is 6.07. The highest BCUT2D eigenvalue weighted by Gasteiger charge is 2.41. The van der Waals surface area contributed by atoms with Gasteiger partial charge in [0.05, 0.1) is 12.1 Å². The van der Waals surface area contributed by atoms with Gasteiger partial charge >= 0.3 is 0 Å². The Morgan fingerprint density at radius 3 is 2.25 bits per heavy atom. The van der Waals surface area contributed by atoms with Crippen molar-refractivity contribution in [2.75, 3.05) is 0 Å².